The molecule has 0 radical (unpaired) electrons. The van der Waals surface area contributed by atoms with Crippen LogP contribution in [0.2, 0.25) is 5.02 Å². The first kappa shape index (κ1) is 27.7. The lowest BCUT2D eigenvalue weighted by Gasteiger charge is -2.43. The van der Waals surface area contributed by atoms with E-state index in [0.717, 1.165) is 0 Å². The number of piperidine rings is 1. The van der Waals surface area contributed by atoms with Gasteiger partial charge in [-0.3, -0.25) is 0 Å². The second-order valence-electron chi connectivity index (χ2n) is 10.4. The zero-order valence-corrected chi connectivity index (χ0v) is 21.8. The topological polar surface area (TPSA) is 76.3 Å². The molecule has 1 aromatic heterocycles. The molecule has 1 aromatic carbocycles. The summed E-state index contributed by atoms with van der Waals surface area (Å²) in [6, 6.07) is 4.65. The lowest BCUT2D eigenvalue weighted by molar-refractivity contribution is -0.284. The molecule has 2 aromatic rings. The molecule has 212 valence electrons. The van der Waals surface area contributed by atoms with E-state index in [2.05, 4.69) is 15.3 Å². The maximum Gasteiger partial charge on any atom is 0.400 e. The van der Waals surface area contributed by atoms with Gasteiger partial charge < -0.3 is 20.7 Å². The number of aromatic nitrogens is 2. The number of hydrogen-bond donors (Lipinski definition) is 2. The van der Waals surface area contributed by atoms with E-state index in [0.29, 0.717) is 77.8 Å². The number of halogens is 7. The molecule has 1 aliphatic carbocycles. The van der Waals surface area contributed by atoms with Crippen molar-refractivity contribution < 1.29 is 31.1 Å². The van der Waals surface area contributed by atoms with Gasteiger partial charge in [0.05, 0.1) is 16.3 Å². The Morgan fingerprint density at radius 3 is 2.31 bits per heavy atom. The van der Waals surface area contributed by atoms with Gasteiger partial charge in [0, 0.05) is 42.7 Å². The van der Waals surface area contributed by atoms with Crippen LogP contribution in [0.3, 0.4) is 0 Å². The summed E-state index contributed by atoms with van der Waals surface area (Å²) < 4.78 is 86.5. The first-order valence-electron chi connectivity index (χ1n) is 12.7. The maximum absolute atomic E-state index is 13.4. The van der Waals surface area contributed by atoms with Gasteiger partial charge in [0.2, 0.25) is 5.88 Å². The monoisotopic (exact) mass is 575 g/mol. The van der Waals surface area contributed by atoms with E-state index in [1.165, 1.54) is 6.33 Å². The molecule has 0 amide bonds. The summed E-state index contributed by atoms with van der Waals surface area (Å²) in [6.07, 6.45) is -7.28. The standard InChI is InChI=1S/C26H28ClF6N5O/c1-13-23(37-20-7-4-15(34)8-19(20)27)35-12-36-24(13)39-18-9-16-5-6-17(10-18)38(16)21(14-2-3-14)11-22(25(28,29)30)26(31,32)33/h4,7-8,12,16-18,22H,2-3,5-6,9-11,34H2,1H3,(H,35,36,37). The van der Waals surface area contributed by atoms with Crippen LogP contribution >= 0.6 is 11.6 Å². The number of nitrogens with two attached hydrogens (primary N) is 1. The van der Waals surface area contributed by atoms with Crippen LogP contribution in [0.15, 0.2) is 35.8 Å². The lowest BCUT2D eigenvalue weighted by Crippen LogP contribution is -2.47. The number of benzene rings is 1. The highest BCUT2D eigenvalue weighted by molar-refractivity contribution is 6.33. The minimum absolute atomic E-state index is 0.188. The fraction of sp³-hybridized carbons (Fsp3) is 0.538. The molecule has 3 N–H and O–H groups in total. The Bertz CT molecular complexity index is 1230. The van der Waals surface area contributed by atoms with Gasteiger partial charge in [-0.05, 0) is 50.8 Å². The van der Waals surface area contributed by atoms with Gasteiger partial charge in [-0.2, -0.15) is 26.3 Å². The van der Waals surface area contributed by atoms with E-state index in [9.17, 15) is 26.3 Å². The highest BCUT2D eigenvalue weighted by Crippen LogP contribution is 2.50. The first-order chi connectivity index (χ1) is 18.3. The normalized spacial score (nSPS) is 22.8. The van der Waals surface area contributed by atoms with Crippen LogP contribution in [0, 0.1) is 12.8 Å². The number of nitrogen functional groups attached to an aromatic ring is 1. The summed E-state index contributed by atoms with van der Waals surface area (Å²) in [6.45, 7) is 1.79. The van der Waals surface area contributed by atoms with E-state index in [4.69, 9.17) is 22.1 Å². The predicted molar refractivity (Wildman–Crippen MR) is 135 cm³/mol. The largest absolute Gasteiger partial charge is 0.474 e. The molecular formula is C26H28ClF6N5O. The fourth-order valence-electron chi connectivity index (χ4n) is 5.65. The molecule has 2 aliphatic heterocycles. The second kappa shape index (κ2) is 10.3. The highest BCUT2D eigenvalue weighted by Gasteiger charge is 2.58. The Kier molecular flexibility index (Phi) is 7.28. The van der Waals surface area contributed by atoms with Crippen LogP contribution in [0.4, 0.5) is 43.5 Å². The number of ether oxygens (including phenoxy) is 1. The van der Waals surface area contributed by atoms with Crippen molar-refractivity contribution in [2.45, 2.75) is 82.4 Å². The van der Waals surface area contributed by atoms with Gasteiger partial charge >= 0.3 is 12.4 Å². The van der Waals surface area contributed by atoms with Crippen molar-refractivity contribution in [2.24, 2.45) is 5.92 Å². The predicted octanol–water partition coefficient (Wildman–Crippen LogP) is 7.32. The smallest absolute Gasteiger partial charge is 0.400 e. The number of hydrogen-bond acceptors (Lipinski definition) is 6. The van der Waals surface area contributed by atoms with Crippen LogP contribution in [-0.4, -0.2) is 45.4 Å². The van der Waals surface area contributed by atoms with Crippen LogP contribution in [0.5, 0.6) is 5.88 Å². The minimum Gasteiger partial charge on any atom is -0.474 e. The van der Waals surface area contributed by atoms with Crippen LogP contribution in [0.1, 0.15) is 50.5 Å². The van der Waals surface area contributed by atoms with Crippen LogP contribution in [0.25, 0.3) is 0 Å². The molecule has 3 aliphatic rings. The number of nitrogens with one attached hydrogen (secondary N) is 1. The van der Waals surface area contributed by atoms with Crippen LogP contribution in [-0.2, 0) is 0 Å². The SMILES string of the molecule is Cc1c(Nc2ccc(N)cc2Cl)ncnc1OC1CC2CCC(C1)N2C(CC(C(F)(F)F)C(F)(F)F)=C1CC1. The van der Waals surface area contributed by atoms with E-state index in [1.807, 2.05) is 4.90 Å². The summed E-state index contributed by atoms with van der Waals surface area (Å²) in [7, 11) is 0. The zero-order chi connectivity index (χ0) is 28.1. The van der Waals surface area contributed by atoms with E-state index in [-0.39, 0.29) is 23.9 Å². The van der Waals surface area contributed by atoms with Crippen molar-refractivity contribution in [2.75, 3.05) is 11.1 Å². The summed E-state index contributed by atoms with van der Waals surface area (Å²) in [4.78, 5) is 10.4. The molecule has 39 heavy (non-hydrogen) atoms. The molecule has 3 heterocycles. The first-order valence-corrected chi connectivity index (χ1v) is 13.1. The van der Waals surface area contributed by atoms with Crippen molar-refractivity contribution in [1.29, 1.82) is 0 Å². The molecule has 2 unspecified atom stereocenters. The molecule has 2 saturated heterocycles. The number of fused-ring (bicyclic) bond motifs is 2. The van der Waals surface area contributed by atoms with Gasteiger partial charge in [0.1, 0.15) is 18.2 Å². The summed E-state index contributed by atoms with van der Waals surface area (Å²) in [5.41, 5.74) is 8.44. The third-order valence-corrected chi connectivity index (χ3v) is 7.97. The van der Waals surface area contributed by atoms with Crippen molar-refractivity contribution in [1.82, 2.24) is 14.9 Å². The van der Waals surface area contributed by atoms with Gasteiger partial charge in [0.15, 0.2) is 5.92 Å². The van der Waals surface area contributed by atoms with Gasteiger partial charge in [-0.1, -0.05) is 17.2 Å². The third-order valence-electron chi connectivity index (χ3n) is 7.66. The molecule has 5 rings (SSSR count). The Morgan fingerprint density at radius 1 is 1.10 bits per heavy atom. The number of nitrogens with zero attached hydrogens (tertiary/aromatic N) is 3. The Morgan fingerprint density at radius 2 is 1.74 bits per heavy atom. The van der Waals surface area contributed by atoms with Gasteiger partial charge in [0.25, 0.3) is 0 Å². The van der Waals surface area contributed by atoms with Crippen molar-refractivity contribution in [3.05, 3.63) is 46.4 Å². The fourth-order valence-corrected chi connectivity index (χ4v) is 5.89. The Balaban J connectivity index is 1.30. The quantitative estimate of drug-likeness (QED) is 0.266. The molecular weight excluding hydrogens is 548 g/mol. The van der Waals surface area contributed by atoms with E-state index >= 15 is 0 Å². The molecule has 3 fully saturated rings. The van der Waals surface area contributed by atoms with E-state index < -0.39 is 24.7 Å². The van der Waals surface area contributed by atoms with Crippen molar-refractivity contribution in [3.63, 3.8) is 0 Å². The van der Waals surface area contributed by atoms with Crippen molar-refractivity contribution >= 4 is 28.8 Å². The molecule has 1 saturated carbocycles. The molecule has 13 heteroatoms. The lowest BCUT2D eigenvalue weighted by atomic mass is 9.94. The second-order valence-corrected chi connectivity index (χ2v) is 10.8. The van der Waals surface area contributed by atoms with E-state index in [1.54, 1.807) is 25.1 Å². The van der Waals surface area contributed by atoms with Gasteiger partial charge in [-0.25, -0.2) is 9.97 Å². The zero-order valence-electron chi connectivity index (χ0n) is 21.0. The number of rotatable bonds is 7. The average Bonchev–Trinajstić information content (AvgIpc) is 3.62. The Labute approximate surface area is 226 Å². The molecule has 6 nitrogen and oxygen atoms in total. The molecule has 2 atom stereocenters. The number of alkyl halides is 6. The third kappa shape index (κ3) is 6.00. The number of allylic oxidation sites excluding steroid dienone is 2. The Hall–Kier alpha value is -2.89. The summed E-state index contributed by atoms with van der Waals surface area (Å²) in [5, 5.41) is 3.56. The summed E-state index contributed by atoms with van der Waals surface area (Å²) >= 11 is 6.26. The highest BCUT2D eigenvalue weighted by atomic mass is 35.5. The average molecular weight is 576 g/mol. The minimum atomic E-state index is -5.35. The van der Waals surface area contributed by atoms with Gasteiger partial charge in [-0.15, -0.1) is 0 Å². The summed E-state index contributed by atoms with van der Waals surface area (Å²) in [5.74, 6) is -2.53. The van der Waals surface area contributed by atoms with Crippen LogP contribution < -0.4 is 15.8 Å². The maximum atomic E-state index is 13.4. The molecule has 2 bridgehead atoms. The number of anilines is 3. The molecule has 0 spiro atoms. The van der Waals surface area contributed by atoms with Crippen molar-refractivity contribution in [3.8, 4) is 5.88 Å².